The third-order valence-corrected chi connectivity index (χ3v) is 3.53. The van der Waals surface area contributed by atoms with Gasteiger partial charge in [0.2, 0.25) is 15.9 Å². The Balaban J connectivity index is 2.68. The van der Waals surface area contributed by atoms with Crippen molar-refractivity contribution >= 4 is 21.9 Å². The zero-order chi connectivity index (χ0) is 14.1. The maximum atomic E-state index is 11.6. The Morgan fingerprint density at radius 2 is 2.11 bits per heavy atom. The molecule has 1 heterocycles. The van der Waals surface area contributed by atoms with Gasteiger partial charge in [-0.25, -0.2) is 13.1 Å². The number of nitrogens with one attached hydrogen (secondary N) is 1. The van der Waals surface area contributed by atoms with Gasteiger partial charge in [0.05, 0.1) is 12.2 Å². The van der Waals surface area contributed by atoms with Crippen molar-refractivity contribution in [3.63, 3.8) is 0 Å². The van der Waals surface area contributed by atoms with Crippen molar-refractivity contribution in [1.82, 2.24) is 9.62 Å². The van der Waals surface area contributed by atoms with Crippen LogP contribution in [-0.2, 0) is 19.6 Å². The predicted molar refractivity (Wildman–Crippen MR) is 64.4 cm³/mol. The van der Waals surface area contributed by atoms with Gasteiger partial charge >= 0.3 is 5.97 Å². The maximum absolute atomic E-state index is 11.6. The molecule has 1 unspecified atom stereocenters. The van der Waals surface area contributed by atoms with Gasteiger partial charge < -0.3 is 10.0 Å². The summed E-state index contributed by atoms with van der Waals surface area (Å²) in [6.07, 6.45) is 1.02. The summed E-state index contributed by atoms with van der Waals surface area (Å²) >= 11 is 0. The lowest BCUT2D eigenvalue weighted by atomic mass is 10.1. The van der Waals surface area contributed by atoms with Crippen LogP contribution in [0.3, 0.4) is 0 Å². The molecule has 2 N–H and O–H groups in total. The summed E-state index contributed by atoms with van der Waals surface area (Å²) in [7, 11) is -3.38. The largest absolute Gasteiger partial charge is 0.481 e. The highest BCUT2D eigenvalue weighted by Gasteiger charge is 2.37. The molecular formula is C10H18N2O5S. The summed E-state index contributed by atoms with van der Waals surface area (Å²) in [6, 6.07) is 0. The first-order valence-electron chi connectivity index (χ1n) is 5.50. The minimum atomic E-state index is -3.38. The molecule has 1 amide bonds. The number of nitrogens with zero attached hydrogens (tertiary/aromatic N) is 1. The van der Waals surface area contributed by atoms with E-state index in [1.165, 1.54) is 4.90 Å². The first kappa shape index (κ1) is 14.9. The van der Waals surface area contributed by atoms with E-state index < -0.39 is 27.4 Å². The third-order valence-electron chi connectivity index (χ3n) is 2.61. The Morgan fingerprint density at radius 3 is 2.50 bits per heavy atom. The van der Waals surface area contributed by atoms with Gasteiger partial charge in [0.1, 0.15) is 0 Å². The molecule has 0 aromatic heterocycles. The number of hydrogen-bond donors (Lipinski definition) is 2. The molecule has 8 heteroatoms. The topological polar surface area (TPSA) is 104 Å². The molecule has 0 spiro atoms. The number of carbonyl (C=O) groups is 2. The number of likely N-dealkylation sites (tertiary alicyclic amines) is 1. The van der Waals surface area contributed by atoms with E-state index in [0.29, 0.717) is 0 Å². The van der Waals surface area contributed by atoms with Crippen molar-refractivity contribution in [2.45, 2.75) is 25.8 Å². The van der Waals surface area contributed by atoms with Crippen molar-refractivity contribution in [3.8, 4) is 0 Å². The number of aliphatic carboxylic acids is 1. The molecule has 0 aliphatic carbocycles. The van der Waals surface area contributed by atoms with E-state index in [0.717, 1.165) is 6.26 Å². The molecule has 0 radical (unpaired) electrons. The quantitative estimate of drug-likeness (QED) is 0.688. The van der Waals surface area contributed by atoms with E-state index in [1.807, 2.05) is 0 Å². The standard InChI is InChI=1S/C10H18N2O5S/c1-10(2,11-18(3,16)17)6-12-5-7(9(14)15)4-8(12)13/h7,11H,4-6H2,1-3H3,(H,14,15). The molecule has 7 nitrogen and oxygen atoms in total. The van der Waals surface area contributed by atoms with Crippen LogP contribution in [0.15, 0.2) is 0 Å². The molecule has 1 aliphatic heterocycles. The molecule has 1 rings (SSSR count). The van der Waals surface area contributed by atoms with Gasteiger partial charge in [-0.1, -0.05) is 0 Å². The van der Waals surface area contributed by atoms with Gasteiger partial charge in [0, 0.05) is 25.0 Å². The zero-order valence-corrected chi connectivity index (χ0v) is 11.5. The van der Waals surface area contributed by atoms with Gasteiger partial charge in [-0.3, -0.25) is 9.59 Å². The van der Waals surface area contributed by atoms with Crippen LogP contribution in [0.4, 0.5) is 0 Å². The minimum absolute atomic E-state index is 0.0235. The smallest absolute Gasteiger partial charge is 0.308 e. The summed E-state index contributed by atoms with van der Waals surface area (Å²) in [4.78, 5) is 23.8. The number of sulfonamides is 1. The van der Waals surface area contributed by atoms with Crippen LogP contribution < -0.4 is 4.72 Å². The summed E-state index contributed by atoms with van der Waals surface area (Å²) in [6.45, 7) is 3.58. The number of hydrogen-bond acceptors (Lipinski definition) is 4. The van der Waals surface area contributed by atoms with E-state index >= 15 is 0 Å². The average Bonchev–Trinajstić information content (AvgIpc) is 2.42. The van der Waals surface area contributed by atoms with Crippen molar-refractivity contribution in [2.24, 2.45) is 5.92 Å². The third kappa shape index (κ3) is 4.26. The van der Waals surface area contributed by atoms with Crippen LogP contribution in [0.25, 0.3) is 0 Å². The summed E-state index contributed by atoms with van der Waals surface area (Å²) in [5.41, 5.74) is -0.823. The number of carboxylic acid groups (broad SMARTS) is 1. The Morgan fingerprint density at radius 1 is 1.56 bits per heavy atom. The van der Waals surface area contributed by atoms with Crippen molar-refractivity contribution in [2.75, 3.05) is 19.3 Å². The lowest BCUT2D eigenvalue weighted by Crippen LogP contribution is -2.51. The molecule has 1 saturated heterocycles. The monoisotopic (exact) mass is 278 g/mol. The van der Waals surface area contributed by atoms with Crippen LogP contribution >= 0.6 is 0 Å². The highest BCUT2D eigenvalue weighted by atomic mass is 32.2. The first-order chi connectivity index (χ1) is 8.00. The molecular weight excluding hydrogens is 260 g/mol. The molecule has 0 aromatic carbocycles. The van der Waals surface area contributed by atoms with E-state index in [-0.39, 0.29) is 25.4 Å². The van der Waals surface area contributed by atoms with Gasteiger partial charge in [0.25, 0.3) is 0 Å². The normalized spacial score (nSPS) is 21.4. The Hall–Kier alpha value is -1.15. The fourth-order valence-electron chi connectivity index (χ4n) is 2.10. The van der Waals surface area contributed by atoms with Crippen LogP contribution in [0, 0.1) is 5.92 Å². The number of amides is 1. The summed E-state index contributed by atoms with van der Waals surface area (Å²) in [5.74, 6) is -1.96. The summed E-state index contributed by atoms with van der Waals surface area (Å²) < 4.78 is 24.8. The lowest BCUT2D eigenvalue weighted by Gasteiger charge is -2.30. The predicted octanol–water partition coefficient (Wildman–Crippen LogP) is -0.753. The molecule has 0 saturated carbocycles. The Labute approximate surface area is 106 Å². The van der Waals surface area contributed by atoms with E-state index in [4.69, 9.17) is 5.11 Å². The maximum Gasteiger partial charge on any atom is 0.308 e. The molecule has 1 aliphatic rings. The first-order valence-corrected chi connectivity index (χ1v) is 7.39. The van der Waals surface area contributed by atoms with Crippen molar-refractivity contribution in [1.29, 1.82) is 0 Å². The average molecular weight is 278 g/mol. The number of carbonyl (C=O) groups excluding carboxylic acids is 1. The number of rotatable bonds is 5. The van der Waals surface area contributed by atoms with Crippen molar-refractivity contribution < 1.29 is 23.1 Å². The molecule has 0 bridgehead atoms. The number of carboxylic acids is 1. The zero-order valence-electron chi connectivity index (χ0n) is 10.6. The Bertz CT molecular complexity index is 457. The highest BCUT2D eigenvalue weighted by Crippen LogP contribution is 2.20. The molecule has 1 atom stereocenters. The fourth-order valence-corrected chi connectivity index (χ4v) is 3.17. The van der Waals surface area contributed by atoms with E-state index in [2.05, 4.69) is 4.72 Å². The molecule has 104 valence electrons. The lowest BCUT2D eigenvalue weighted by molar-refractivity contribution is -0.141. The molecule has 0 aromatic rings. The second-order valence-electron chi connectivity index (χ2n) is 5.27. The van der Waals surface area contributed by atoms with Crippen molar-refractivity contribution in [3.05, 3.63) is 0 Å². The molecule has 1 fully saturated rings. The van der Waals surface area contributed by atoms with E-state index in [1.54, 1.807) is 13.8 Å². The Kier molecular flexibility index (Phi) is 4.02. The van der Waals surface area contributed by atoms with Crippen LogP contribution in [-0.4, -0.2) is 55.2 Å². The minimum Gasteiger partial charge on any atom is -0.481 e. The second-order valence-corrected chi connectivity index (χ2v) is 7.02. The van der Waals surface area contributed by atoms with E-state index in [9.17, 15) is 18.0 Å². The highest BCUT2D eigenvalue weighted by molar-refractivity contribution is 7.88. The molecule has 18 heavy (non-hydrogen) atoms. The fraction of sp³-hybridized carbons (Fsp3) is 0.800. The van der Waals surface area contributed by atoms with Gasteiger partial charge in [-0.15, -0.1) is 0 Å². The SMILES string of the molecule is CC(C)(CN1CC(C(=O)O)CC1=O)NS(C)(=O)=O. The second kappa shape index (κ2) is 4.85. The van der Waals surface area contributed by atoms with Crippen LogP contribution in [0.1, 0.15) is 20.3 Å². The van der Waals surface area contributed by atoms with Gasteiger partial charge in [-0.05, 0) is 13.8 Å². The van der Waals surface area contributed by atoms with Gasteiger partial charge in [-0.2, -0.15) is 0 Å². The van der Waals surface area contributed by atoms with Crippen LogP contribution in [0.2, 0.25) is 0 Å². The van der Waals surface area contributed by atoms with Gasteiger partial charge in [0.15, 0.2) is 0 Å². The summed E-state index contributed by atoms with van der Waals surface area (Å²) in [5, 5.41) is 8.84. The van der Waals surface area contributed by atoms with Crippen LogP contribution in [0.5, 0.6) is 0 Å².